The van der Waals surface area contributed by atoms with Gasteiger partial charge in [0.05, 0.1) is 53.8 Å². The molecule has 20 nitrogen and oxygen atoms in total. The van der Waals surface area contributed by atoms with Gasteiger partial charge in [-0.05, 0) is 66.5 Å². The van der Waals surface area contributed by atoms with Crippen LogP contribution in [0.2, 0.25) is 0 Å². The zero-order chi connectivity index (χ0) is 48.8. The number of carbonyl (C=O) groups is 6. The molecular formula is C45H44N10O10S4. The number of β-amino-alcohol motifs (C(OH)–C–C–N with tert-alkyl or cyclic N) is 1. The number of esters is 1. The average molecular weight is 1010 g/mol. The maximum absolute atomic E-state index is 13.6. The average Bonchev–Trinajstić information content (AvgIpc) is 4.06. The highest BCUT2D eigenvalue weighted by Gasteiger charge is 2.54. The molecule has 2 aliphatic heterocycles. The highest BCUT2D eigenvalue weighted by atomic mass is 32.1. The molecular weight excluding hydrogens is 969 g/mol. The van der Waals surface area contributed by atoms with Crippen LogP contribution in [0.15, 0.2) is 76.8 Å². The van der Waals surface area contributed by atoms with Gasteiger partial charge in [-0.1, -0.05) is 24.3 Å². The number of hydrogen-bond acceptors (Lipinski definition) is 19. The summed E-state index contributed by atoms with van der Waals surface area (Å²) >= 11 is 4.60. The fourth-order valence-corrected chi connectivity index (χ4v) is 12.1. The number of para-hydroxylation sites is 4. The number of nitrogens with two attached hydrogens (primary N) is 2. The first kappa shape index (κ1) is 47.1. The lowest BCUT2D eigenvalue weighted by molar-refractivity contribution is -0.137. The lowest BCUT2D eigenvalue weighted by Crippen LogP contribution is -2.54. The number of carboxylic acids is 1. The van der Waals surface area contributed by atoms with Crippen molar-refractivity contribution in [3.05, 3.63) is 103 Å². The third-order valence-electron chi connectivity index (χ3n) is 12.5. The first-order valence-corrected chi connectivity index (χ1v) is 24.9. The minimum Gasteiger partial charge on any atom is -0.477 e. The van der Waals surface area contributed by atoms with Crippen LogP contribution in [-0.4, -0.2) is 105 Å². The topological polar surface area (TPSA) is 305 Å². The molecule has 4 amide bonds. The number of rotatable bonds is 17. The molecule has 3 aliphatic rings. The number of aliphatic hydroxyl groups is 2. The summed E-state index contributed by atoms with van der Waals surface area (Å²) in [6.07, 6.45) is 1.15. The third kappa shape index (κ3) is 9.45. The van der Waals surface area contributed by atoms with Gasteiger partial charge in [0.1, 0.15) is 21.1 Å². The molecule has 6 aromatic rings. The number of carboxylic acid groups (broad SMARTS) is 1. The lowest BCUT2D eigenvalue weighted by Gasteiger charge is -2.34. The minimum absolute atomic E-state index is 0.0309. The maximum Gasteiger partial charge on any atom is 0.350 e. The number of carbonyl (C=O) groups excluding carboxylic acids is 5. The number of ether oxygens (including phenoxy) is 1. The normalized spacial score (nSPS) is 21.7. The molecule has 1 aliphatic carbocycles. The van der Waals surface area contributed by atoms with Crippen molar-refractivity contribution >= 4 is 125 Å². The quantitative estimate of drug-likeness (QED) is 0.0501. The predicted octanol–water partition coefficient (Wildman–Crippen LogP) is 5.61. The van der Waals surface area contributed by atoms with Crippen LogP contribution in [0.5, 0.6) is 0 Å². The molecule has 0 bridgehead atoms. The molecule has 1 saturated carbocycles. The summed E-state index contributed by atoms with van der Waals surface area (Å²) < 4.78 is 4.85. The lowest BCUT2D eigenvalue weighted by atomic mass is 9.89. The van der Waals surface area contributed by atoms with E-state index in [9.17, 15) is 44.1 Å². The van der Waals surface area contributed by atoms with E-state index in [1.165, 1.54) is 35.2 Å². The number of anilines is 8. The number of nitrogens with zero attached hydrogens (tertiary/aromatic N) is 4. The fraction of sp³-hybridized carbons (Fsp3) is 0.289. The summed E-state index contributed by atoms with van der Waals surface area (Å²) in [7, 11) is 1.29. The van der Waals surface area contributed by atoms with Crippen LogP contribution in [0.3, 0.4) is 0 Å². The van der Waals surface area contributed by atoms with Crippen LogP contribution < -0.4 is 42.5 Å². The molecule has 4 unspecified atom stereocenters. The summed E-state index contributed by atoms with van der Waals surface area (Å²) in [6.45, 7) is 0.559. The van der Waals surface area contributed by atoms with Gasteiger partial charge in [-0.3, -0.25) is 19.2 Å². The largest absolute Gasteiger partial charge is 0.477 e. The summed E-state index contributed by atoms with van der Waals surface area (Å²) in [5.41, 5.74) is 10.7. The van der Waals surface area contributed by atoms with Crippen molar-refractivity contribution in [3.8, 4) is 0 Å². The van der Waals surface area contributed by atoms with Gasteiger partial charge >= 0.3 is 11.9 Å². The highest BCUT2D eigenvalue weighted by molar-refractivity contribution is 7.15. The van der Waals surface area contributed by atoms with Crippen molar-refractivity contribution in [2.75, 3.05) is 57.8 Å². The molecule has 3 fully saturated rings. The monoisotopic (exact) mass is 1010 g/mol. The van der Waals surface area contributed by atoms with E-state index in [2.05, 4.69) is 31.2 Å². The van der Waals surface area contributed by atoms with Gasteiger partial charge in [0, 0.05) is 41.6 Å². The highest BCUT2D eigenvalue weighted by Crippen LogP contribution is 2.55. The van der Waals surface area contributed by atoms with E-state index in [1.54, 1.807) is 76.3 Å². The number of thiophene rings is 2. The summed E-state index contributed by atoms with van der Waals surface area (Å²) in [6, 6.07) is 16.6. The van der Waals surface area contributed by atoms with Crippen molar-refractivity contribution in [1.82, 2.24) is 9.97 Å². The predicted molar refractivity (Wildman–Crippen MR) is 263 cm³/mol. The number of hydrogen-bond donors (Lipinski definition) is 9. The molecule has 2 aromatic carbocycles. The molecule has 0 spiro atoms. The molecule has 0 radical (unpaired) electrons. The number of aromatic nitrogens is 2. The Hall–Kier alpha value is -6.96. The van der Waals surface area contributed by atoms with E-state index in [1.807, 2.05) is 4.90 Å². The number of amides is 4. The molecule has 358 valence electrons. The van der Waals surface area contributed by atoms with Gasteiger partial charge in [-0.15, -0.1) is 45.3 Å². The van der Waals surface area contributed by atoms with Crippen LogP contribution in [0.1, 0.15) is 76.8 Å². The van der Waals surface area contributed by atoms with Crippen LogP contribution in [0.25, 0.3) is 0 Å². The van der Waals surface area contributed by atoms with Gasteiger partial charge in [-0.2, -0.15) is 0 Å². The van der Waals surface area contributed by atoms with Crippen molar-refractivity contribution in [2.24, 2.45) is 17.4 Å². The first-order valence-electron chi connectivity index (χ1n) is 21.4. The number of nitrogens with one attached hydrogen (secondary N) is 4. The Morgan fingerprint density at radius 1 is 0.783 bits per heavy atom. The Labute approximate surface area is 408 Å². The number of primary amides is 2. The van der Waals surface area contributed by atoms with E-state index in [0.29, 0.717) is 57.8 Å². The van der Waals surface area contributed by atoms with E-state index in [0.717, 1.165) is 27.6 Å². The van der Waals surface area contributed by atoms with E-state index in [4.69, 9.17) is 16.2 Å². The zero-order valence-corrected chi connectivity index (χ0v) is 39.7. The van der Waals surface area contributed by atoms with Crippen molar-refractivity contribution in [1.29, 1.82) is 0 Å². The van der Waals surface area contributed by atoms with Gasteiger partial charge in [-0.25, -0.2) is 19.6 Å². The Bertz CT molecular complexity index is 3010. The zero-order valence-electron chi connectivity index (χ0n) is 36.5. The summed E-state index contributed by atoms with van der Waals surface area (Å²) in [4.78, 5) is 90.2. The van der Waals surface area contributed by atoms with Gasteiger partial charge in [0.2, 0.25) is 0 Å². The number of methoxy groups -OCH3 is 1. The second-order valence-corrected chi connectivity index (χ2v) is 20.5. The Balaban J connectivity index is 0.870. The molecule has 2 saturated heterocycles. The second kappa shape index (κ2) is 18.9. The molecule has 24 heteroatoms. The SMILES string of the molecule is COC(=O)c1sccc1Nc1nc(C(=O)Nc2ccccc2N2CCC(O)(C(N)=O)C2CC2C[C@@H]2c2cc(Nc3nc(C(=O)Nc4ccccc4N4CCC(O)(C(N)=O)C4)cs3)c(C(=O)O)s2)cs1. The Kier molecular flexibility index (Phi) is 12.9. The summed E-state index contributed by atoms with van der Waals surface area (Å²) in [5, 5.41) is 50.1. The minimum atomic E-state index is -1.90. The molecule has 9 rings (SSSR count). The van der Waals surface area contributed by atoms with Crippen LogP contribution >= 0.6 is 45.3 Å². The van der Waals surface area contributed by atoms with Crippen LogP contribution in [0, 0.1) is 5.92 Å². The smallest absolute Gasteiger partial charge is 0.350 e. The summed E-state index contributed by atoms with van der Waals surface area (Å²) in [5.74, 6) is -4.57. The maximum atomic E-state index is 13.6. The fourth-order valence-electron chi connectivity index (χ4n) is 8.77. The number of thiazole rings is 2. The molecule has 69 heavy (non-hydrogen) atoms. The van der Waals surface area contributed by atoms with Crippen molar-refractivity contribution < 1.29 is 48.8 Å². The molecule has 6 heterocycles. The molecule has 5 atom stereocenters. The standard InChI is InChI=1S/C45H44N10O10S4/c1-65-39(60)35-26(10-15-66-35)50-42-52-29(19-67-42)37(57)49-25-7-3-5-9-31(25)55-14-12-45(64,41(47)62)33(55)17-22-16-23(22)32-18-27(34(69-32)38(58)59)51-43-53-28(20-68-43)36(56)48-24-6-2-4-8-30(24)54-13-11-44(63,21-54)40(46)61/h2-10,15,18-20,22-23,33,63-64H,11-14,16-17,21H2,1H3,(H2,46,61)(H2,47,62)(H,48,56)(H,49,57)(H,50,52)(H,51,53)(H,58,59)/t22?,23-,33?,44?,45?/m0/s1. The van der Waals surface area contributed by atoms with E-state index >= 15 is 0 Å². The Morgan fingerprint density at radius 2 is 1.41 bits per heavy atom. The van der Waals surface area contributed by atoms with E-state index in [-0.39, 0.29) is 64.9 Å². The molecule has 11 N–H and O–H groups in total. The van der Waals surface area contributed by atoms with Crippen LogP contribution in [-0.2, 0) is 14.3 Å². The third-order valence-corrected chi connectivity index (χ3v) is 16.2. The number of aromatic carboxylic acids is 1. The second-order valence-electron chi connectivity index (χ2n) is 16.8. The van der Waals surface area contributed by atoms with Crippen molar-refractivity contribution in [2.45, 2.75) is 48.8 Å². The molecule has 4 aromatic heterocycles. The van der Waals surface area contributed by atoms with Crippen molar-refractivity contribution in [3.63, 3.8) is 0 Å². The van der Waals surface area contributed by atoms with Gasteiger partial charge < -0.3 is 62.6 Å². The first-order chi connectivity index (χ1) is 33.0. The van der Waals surface area contributed by atoms with Gasteiger partial charge in [0.15, 0.2) is 21.5 Å². The van der Waals surface area contributed by atoms with Crippen LogP contribution in [0.4, 0.5) is 44.4 Å². The van der Waals surface area contributed by atoms with Gasteiger partial charge in [0.25, 0.3) is 23.6 Å². The van der Waals surface area contributed by atoms with E-state index < -0.39 is 52.8 Å². The Morgan fingerprint density at radius 3 is 2.01 bits per heavy atom. The number of benzene rings is 2.